The first-order valence-electron chi connectivity index (χ1n) is 9.68. The lowest BCUT2D eigenvalue weighted by Crippen LogP contribution is -2.34. The number of ether oxygens (including phenoxy) is 1. The minimum Gasteiger partial charge on any atom is -0.457 e. The van der Waals surface area contributed by atoms with Crippen LogP contribution in [0.25, 0.3) is 20.2 Å². The first kappa shape index (κ1) is 22.7. The third-order valence-electron chi connectivity index (χ3n) is 4.64. The van der Waals surface area contributed by atoms with E-state index >= 15 is 0 Å². The summed E-state index contributed by atoms with van der Waals surface area (Å²) in [5.41, 5.74) is 5.01. The average Bonchev–Trinajstić information content (AvgIpc) is 3.36. The molecule has 8 heteroatoms. The molecule has 4 aromatic rings. The predicted octanol–water partition coefficient (Wildman–Crippen LogP) is 6.26. The number of rotatable bonds is 4. The average molecular weight is 457 g/mol. The fourth-order valence-corrected chi connectivity index (χ4v) is 5.18. The third-order valence-corrected chi connectivity index (χ3v) is 7.20. The van der Waals surface area contributed by atoms with Gasteiger partial charge >= 0.3 is 12.0 Å². The Balaban J connectivity index is 0.000000176. The van der Waals surface area contributed by atoms with Crippen LogP contribution in [0.2, 0.25) is 0 Å². The number of fused-ring (bicyclic) bond motifs is 2. The van der Waals surface area contributed by atoms with Crippen molar-refractivity contribution in [2.45, 2.75) is 32.9 Å². The molecular weight excluding hydrogens is 432 g/mol. The molecule has 2 atom stereocenters. The van der Waals surface area contributed by atoms with Crippen LogP contribution >= 0.6 is 22.7 Å². The smallest absolute Gasteiger partial charge is 0.339 e. The lowest BCUT2D eigenvalue weighted by molar-refractivity contribution is -0.145. The lowest BCUT2D eigenvalue weighted by atomic mass is 10.2. The van der Waals surface area contributed by atoms with Crippen LogP contribution in [0.15, 0.2) is 60.7 Å². The minimum atomic E-state index is -0.843. The molecule has 3 N–H and O–H groups in total. The Bertz CT molecular complexity index is 1130. The zero-order chi connectivity index (χ0) is 22.5. The number of carbonyl (C=O) groups is 2. The maximum atomic E-state index is 10.8. The molecule has 4 rings (SSSR count). The summed E-state index contributed by atoms with van der Waals surface area (Å²) in [6.07, 6.45) is -0.153. The van der Waals surface area contributed by atoms with Crippen molar-refractivity contribution in [3.8, 4) is 0 Å². The van der Waals surface area contributed by atoms with Crippen LogP contribution in [0.5, 0.6) is 0 Å². The van der Waals surface area contributed by atoms with Crippen molar-refractivity contribution in [2.75, 3.05) is 0 Å². The predicted molar refractivity (Wildman–Crippen MR) is 125 cm³/mol. The van der Waals surface area contributed by atoms with Crippen molar-refractivity contribution in [2.24, 2.45) is 5.73 Å². The van der Waals surface area contributed by atoms with Crippen LogP contribution in [0.4, 0.5) is 4.79 Å². The first-order valence-corrected chi connectivity index (χ1v) is 11.3. The number of benzene rings is 2. The highest BCUT2D eigenvalue weighted by Gasteiger charge is 2.19. The second kappa shape index (κ2) is 9.91. The summed E-state index contributed by atoms with van der Waals surface area (Å²) in [5, 5.41) is 12.3. The van der Waals surface area contributed by atoms with E-state index in [1.54, 1.807) is 29.6 Å². The van der Waals surface area contributed by atoms with E-state index in [0.29, 0.717) is 5.06 Å². The number of primary amides is 1. The molecule has 31 heavy (non-hydrogen) atoms. The van der Waals surface area contributed by atoms with Crippen molar-refractivity contribution in [1.29, 1.82) is 0 Å². The summed E-state index contributed by atoms with van der Waals surface area (Å²) >= 11 is 3.21. The normalized spacial score (nSPS) is 12.6. The van der Waals surface area contributed by atoms with Crippen LogP contribution in [-0.4, -0.2) is 22.3 Å². The first-order chi connectivity index (χ1) is 14.8. The summed E-state index contributed by atoms with van der Waals surface area (Å²) < 4.78 is 7.49. The molecule has 2 heterocycles. The van der Waals surface area contributed by atoms with Gasteiger partial charge in [-0.05, 0) is 48.9 Å². The fraction of sp³-hybridized carbons (Fsp3) is 0.217. The van der Waals surface area contributed by atoms with Crippen LogP contribution in [0.1, 0.15) is 42.7 Å². The molecule has 2 aromatic heterocycles. The van der Waals surface area contributed by atoms with Crippen LogP contribution in [0.3, 0.4) is 0 Å². The van der Waals surface area contributed by atoms with Gasteiger partial charge in [-0.3, -0.25) is 10.0 Å². The SMILES string of the molecule is CC(=O)OC(C)c1cc2ccccc2s1.CC(c1cc2ccccc2s1)N(O)C(N)=O. The third kappa shape index (κ3) is 5.61. The second-order valence-corrected chi connectivity index (χ2v) is 9.21. The van der Waals surface area contributed by atoms with Crippen molar-refractivity contribution < 1.29 is 19.5 Å². The monoisotopic (exact) mass is 456 g/mol. The number of nitrogens with two attached hydrogens (primary N) is 1. The van der Waals surface area contributed by atoms with Gasteiger partial charge in [0.2, 0.25) is 0 Å². The van der Waals surface area contributed by atoms with Gasteiger partial charge in [-0.1, -0.05) is 36.4 Å². The molecule has 0 aliphatic rings. The van der Waals surface area contributed by atoms with E-state index in [0.717, 1.165) is 19.8 Å². The van der Waals surface area contributed by atoms with Crippen LogP contribution < -0.4 is 5.73 Å². The largest absolute Gasteiger partial charge is 0.457 e. The maximum absolute atomic E-state index is 10.8. The number of hydroxylamine groups is 2. The summed E-state index contributed by atoms with van der Waals surface area (Å²) in [4.78, 5) is 23.7. The molecule has 2 amide bonds. The summed E-state index contributed by atoms with van der Waals surface area (Å²) in [5.74, 6) is -0.236. The Kier molecular flexibility index (Phi) is 7.27. The van der Waals surface area contributed by atoms with Gasteiger partial charge in [0.15, 0.2) is 0 Å². The molecule has 2 unspecified atom stereocenters. The molecule has 162 valence electrons. The second-order valence-electron chi connectivity index (χ2n) is 6.98. The Morgan fingerprint density at radius 3 is 1.90 bits per heavy atom. The van der Waals surface area contributed by atoms with Gasteiger partial charge < -0.3 is 10.5 Å². The Morgan fingerprint density at radius 2 is 1.42 bits per heavy atom. The van der Waals surface area contributed by atoms with Gasteiger partial charge in [-0.25, -0.2) is 4.79 Å². The number of urea groups is 1. The summed E-state index contributed by atoms with van der Waals surface area (Å²) in [6.45, 7) is 5.06. The van der Waals surface area contributed by atoms with Gasteiger partial charge in [0.1, 0.15) is 6.10 Å². The quantitative estimate of drug-likeness (QED) is 0.215. The molecule has 0 radical (unpaired) electrons. The number of nitrogens with zero attached hydrogens (tertiary/aromatic N) is 1. The number of carbonyl (C=O) groups excluding carboxylic acids is 2. The van der Waals surface area contributed by atoms with Crippen molar-refractivity contribution in [3.63, 3.8) is 0 Å². The molecule has 0 saturated heterocycles. The molecule has 2 aromatic carbocycles. The van der Waals surface area contributed by atoms with Gasteiger partial charge in [0, 0.05) is 26.1 Å². The van der Waals surface area contributed by atoms with E-state index in [1.165, 1.54) is 17.0 Å². The molecule has 0 fully saturated rings. The van der Waals surface area contributed by atoms with Crippen LogP contribution in [0, 0.1) is 0 Å². The number of amides is 2. The highest BCUT2D eigenvalue weighted by Crippen LogP contribution is 2.32. The van der Waals surface area contributed by atoms with Crippen molar-refractivity contribution in [3.05, 3.63) is 70.4 Å². The topological polar surface area (TPSA) is 92.9 Å². The summed E-state index contributed by atoms with van der Waals surface area (Å²) in [6, 6.07) is 18.8. The Labute approximate surface area is 188 Å². The molecule has 0 spiro atoms. The van der Waals surface area contributed by atoms with Crippen molar-refractivity contribution >= 4 is 54.8 Å². The number of esters is 1. The van der Waals surface area contributed by atoms with E-state index in [1.807, 2.05) is 49.4 Å². The summed E-state index contributed by atoms with van der Waals surface area (Å²) in [7, 11) is 0. The molecule has 0 aliphatic carbocycles. The van der Waals surface area contributed by atoms with E-state index in [2.05, 4.69) is 18.2 Å². The highest BCUT2D eigenvalue weighted by molar-refractivity contribution is 7.19. The highest BCUT2D eigenvalue weighted by atomic mass is 32.1. The molecule has 0 aliphatic heterocycles. The number of thiophene rings is 2. The van der Waals surface area contributed by atoms with Gasteiger partial charge in [-0.2, -0.15) is 5.06 Å². The van der Waals surface area contributed by atoms with Gasteiger partial charge in [0.05, 0.1) is 6.04 Å². The fourth-order valence-electron chi connectivity index (χ4n) is 3.03. The van der Waals surface area contributed by atoms with E-state index in [9.17, 15) is 14.8 Å². The molecule has 0 bridgehead atoms. The standard InChI is InChI=1S/C12H12O2S.C11H12N2O2S/c1-8(14-9(2)13)12-7-10-5-3-4-6-11(10)15-12;1-7(13(15)11(12)14)10-6-8-4-2-3-5-9(8)16-10/h3-8H,1-2H3;2-7,15H,1H3,(H2,12,14). The van der Waals surface area contributed by atoms with E-state index in [-0.39, 0.29) is 12.1 Å². The molecular formula is C23H24N2O4S2. The molecule has 6 nitrogen and oxygen atoms in total. The minimum absolute atomic E-state index is 0.153. The maximum Gasteiger partial charge on any atom is 0.339 e. The van der Waals surface area contributed by atoms with E-state index in [4.69, 9.17) is 10.5 Å². The zero-order valence-electron chi connectivity index (χ0n) is 17.4. The van der Waals surface area contributed by atoms with E-state index < -0.39 is 12.1 Å². The lowest BCUT2D eigenvalue weighted by Gasteiger charge is -2.18. The molecule has 0 saturated carbocycles. The van der Waals surface area contributed by atoms with Crippen molar-refractivity contribution in [1.82, 2.24) is 5.06 Å². The Morgan fingerprint density at radius 1 is 0.935 bits per heavy atom. The Hall–Kier alpha value is -2.94. The van der Waals surface area contributed by atoms with Gasteiger partial charge in [0.25, 0.3) is 0 Å². The zero-order valence-corrected chi connectivity index (χ0v) is 19.1. The number of hydrogen-bond acceptors (Lipinski definition) is 6. The van der Waals surface area contributed by atoms with Gasteiger partial charge in [-0.15, -0.1) is 22.7 Å². The van der Waals surface area contributed by atoms with Crippen LogP contribution in [-0.2, 0) is 9.53 Å². The number of hydrogen-bond donors (Lipinski definition) is 2.